The molecule has 0 radical (unpaired) electrons. The van der Waals surface area contributed by atoms with Gasteiger partial charge >= 0.3 is 0 Å². The highest BCUT2D eigenvalue weighted by molar-refractivity contribution is 5.95. The Morgan fingerprint density at radius 1 is 1.09 bits per heavy atom. The summed E-state index contributed by atoms with van der Waals surface area (Å²) in [7, 11) is 0. The monoisotopic (exact) mass is 430 g/mol. The quantitative estimate of drug-likeness (QED) is 0.399. The van der Waals surface area contributed by atoms with Gasteiger partial charge in [0.2, 0.25) is 0 Å². The number of pyridine rings is 1. The second-order valence-corrected chi connectivity index (χ2v) is 8.10. The minimum absolute atomic E-state index is 0.0185. The number of carbonyl (C=O) groups excluding carboxylic acids is 1. The molecule has 0 spiro atoms. The van der Waals surface area contributed by atoms with Gasteiger partial charge in [-0.2, -0.15) is 0 Å². The Balaban J connectivity index is 1.67. The van der Waals surface area contributed by atoms with E-state index in [1.807, 2.05) is 48.2 Å². The first-order valence-electron chi connectivity index (χ1n) is 10.8. The van der Waals surface area contributed by atoms with Crippen molar-refractivity contribution in [2.24, 2.45) is 0 Å². The van der Waals surface area contributed by atoms with Crippen molar-refractivity contribution in [3.63, 3.8) is 0 Å². The molecule has 2 heterocycles. The highest BCUT2D eigenvalue weighted by atomic mass is 16.6. The third-order valence-electron chi connectivity index (χ3n) is 5.87. The molecule has 1 fully saturated rings. The Hall–Kier alpha value is -3.74. The average Bonchev–Trinajstić information content (AvgIpc) is 3.34. The topological polar surface area (TPSA) is 79.6 Å². The van der Waals surface area contributed by atoms with Gasteiger partial charge in [-0.05, 0) is 54.7 Å². The molecule has 0 atom stereocenters. The molecule has 32 heavy (non-hydrogen) atoms. The maximum absolute atomic E-state index is 13.5. The van der Waals surface area contributed by atoms with Gasteiger partial charge in [0.15, 0.2) is 0 Å². The van der Waals surface area contributed by atoms with Crippen molar-refractivity contribution in [1.82, 2.24) is 9.88 Å². The van der Waals surface area contributed by atoms with E-state index in [0.717, 1.165) is 42.6 Å². The number of nitro benzene ring substituents is 1. The van der Waals surface area contributed by atoms with Crippen LogP contribution in [0.2, 0.25) is 0 Å². The lowest BCUT2D eigenvalue weighted by Gasteiger charge is -2.24. The standard InChI is InChI=1S/C25H26N4O3/c1-19-7-2-3-9-22(19)18-28(17-20-8-6-12-26-16-20)25(30)21-10-11-23(24(15-21)29(31)32)27-13-4-5-14-27/h2-3,6-12,15-16H,4-5,13-14,17-18H2,1H3. The van der Waals surface area contributed by atoms with Gasteiger partial charge in [0.05, 0.1) is 4.92 Å². The van der Waals surface area contributed by atoms with Crippen LogP contribution < -0.4 is 4.90 Å². The third-order valence-corrected chi connectivity index (χ3v) is 5.87. The lowest BCUT2D eigenvalue weighted by atomic mass is 10.1. The summed E-state index contributed by atoms with van der Waals surface area (Å²) in [6.07, 6.45) is 5.47. The van der Waals surface area contributed by atoms with Crippen LogP contribution in [-0.2, 0) is 13.1 Å². The Morgan fingerprint density at radius 2 is 1.88 bits per heavy atom. The summed E-state index contributed by atoms with van der Waals surface area (Å²) in [5.41, 5.74) is 3.91. The molecule has 0 bridgehead atoms. The van der Waals surface area contributed by atoms with E-state index in [-0.39, 0.29) is 11.6 Å². The molecule has 2 aromatic carbocycles. The predicted molar refractivity (Wildman–Crippen MR) is 124 cm³/mol. The van der Waals surface area contributed by atoms with Crippen LogP contribution in [0.1, 0.15) is 39.9 Å². The summed E-state index contributed by atoms with van der Waals surface area (Å²) in [5, 5.41) is 11.8. The van der Waals surface area contributed by atoms with Gasteiger partial charge in [-0.15, -0.1) is 0 Å². The molecule has 1 aliphatic heterocycles. The first-order chi connectivity index (χ1) is 15.5. The average molecular weight is 431 g/mol. The molecular weight excluding hydrogens is 404 g/mol. The van der Waals surface area contributed by atoms with Gasteiger partial charge in [-0.1, -0.05) is 30.3 Å². The van der Waals surface area contributed by atoms with Crippen molar-refractivity contribution in [3.8, 4) is 0 Å². The highest BCUT2D eigenvalue weighted by Crippen LogP contribution is 2.32. The first kappa shape index (κ1) is 21.5. The van der Waals surface area contributed by atoms with E-state index in [1.165, 1.54) is 6.07 Å². The normalized spacial score (nSPS) is 13.2. The fourth-order valence-corrected chi connectivity index (χ4v) is 4.12. The SMILES string of the molecule is Cc1ccccc1CN(Cc1cccnc1)C(=O)c1ccc(N2CCCC2)c([N+](=O)[O-])c1. The fraction of sp³-hybridized carbons (Fsp3) is 0.280. The van der Waals surface area contributed by atoms with Crippen LogP contribution in [0.25, 0.3) is 0 Å². The number of hydrogen-bond acceptors (Lipinski definition) is 5. The summed E-state index contributed by atoms with van der Waals surface area (Å²) >= 11 is 0. The van der Waals surface area contributed by atoms with Crippen molar-refractivity contribution in [2.75, 3.05) is 18.0 Å². The van der Waals surface area contributed by atoms with Gasteiger partial charge in [0.1, 0.15) is 5.69 Å². The number of nitro groups is 1. The zero-order valence-electron chi connectivity index (χ0n) is 18.1. The van der Waals surface area contributed by atoms with E-state index in [0.29, 0.717) is 24.3 Å². The molecule has 0 unspecified atom stereocenters. The zero-order chi connectivity index (χ0) is 22.5. The molecule has 0 saturated carbocycles. The summed E-state index contributed by atoms with van der Waals surface area (Å²) < 4.78 is 0. The second-order valence-electron chi connectivity index (χ2n) is 8.10. The number of hydrogen-bond donors (Lipinski definition) is 0. The van der Waals surface area contributed by atoms with E-state index < -0.39 is 4.92 Å². The molecule has 0 aliphatic carbocycles. The Morgan fingerprint density at radius 3 is 2.56 bits per heavy atom. The van der Waals surface area contributed by atoms with E-state index in [1.54, 1.807) is 29.4 Å². The van der Waals surface area contributed by atoms with Gasteiger partial charge in [0, 0.05) is 50.2 Å². The molecule has 0 N–H and O–H groups in total. The maximum atomic E-state index is 13.5. The van der Waals surface area contributed by atoms with E-state index in [4.69, 9.17) is 0 Å². The molecule has 164 valence electrons. The lowest BCUT2D eigenvalue weighted by Crippen LogP contribution is -2.30. The summed E-state index contributed by atoms with van der Waals surface area (Å²) in [5.74, 6) is -0.242. The van der Waals surface area contributed by atoms with Crippen molar-refractivity contribution in [1.29, 1.82) is 0 Å². The maximum Gasteiger partial charge on any atom is 0.293 e. The van der Waals surface area contributed by atoms with E-state index in [2.05, 4.69) is 4.98 Å². The molecule has 7 heteroatoms. The lowest BCUT2D eigenvalue weighted by molar-refractivity contribution is -0.384. The van der Waals surface area contributed by atoms with Crippen molar-refractivity contribution in [3.05, 3.63) is 99.4 Å². The van der Waals surface area contributed by atoms with Crippen LogP contribution in [0.15, 0.2) is 67.0 Å². The van der Waals surface area contributed by atoms with Gasteiger partial charge < -0.3 is 9.80 Å². The van der Waals surface area contributed by atoms with Crippen LogP contribution >= 0.6 is 0 Å². The number of carbonyl (C=O) groups is 1. The minimum Gasteiger partial charge on any atom is -0.366 e. The van der Waals surface area contributed by atoms with Crippen LogP contribution in [0.3, 0.4) is 0 Å². The number of nitrogens with zero attached hydrogens (tertiary/aromatic N) is 4. The highest BCUT2D eigenvalue weighted by Gasteiger charge is 2.26. The largest absolute Gasteiger partial charge is 0.366 e. The smallest absolute Gasteiger partial charge is 0.293 e. The Bertz CT molecular complexity index is 1110. The van der Waals surface area contributed by atoms with E-state index in [9.17, 15) is 14.9 Å². The van der Waals surface area contributed by atoms with Crippen LogP contribution in [0.5, 0.6) is 0 Å². The number of anilines is 1. The number of benzene rings is 2. The summed E-state index contributed by atoms with van der Waals surface area (Å²) in [4.78, 5) is 32.8. The zero-order valence-corrected chi connectivity index (χ0v) is 18.1. The van der Waals surface area contributed by atoms with Crippen LogP contribution in [0.4, 0.5) is 11.4 Å². The number of aryl methyl sites for hydroxylation is 1. The number of aromatic nitrogens is 1. The first-order valence-corrected chi connectivity index (χ1v) is 10.8. The third kappa shape index (κ3) is 4.77. The van der Waals surface area contributed by atoms with Gasteiger partial charge in [0.25, 0.3) is 11.6 Å². The molecule has 7 nitrogen and oxygen atoms in total. The molecule has 3 aromatic rings. The molecule has 1 saturated heterocycles. The molecule has 1 aromatic heterocycles. The molecule has 1 amide bonds. The van der Waals surface area contributed by atoms with Crippen LogP contribution in [0, 0.1) is 17.0 Å². The summed E-state index contributed by atoms with van der Waals surface area (Å²) in [6, 6.07) is 16.5. The van der Waals surface area contributed by atoms with E-state index >= 15 is 0 Å². The second kappa shape index (κ2) is 9.60. The Kier molecular flexibility index (Phi) is 6.44. The number of amides is 1. The molecule has 1 aliphatic rings. The fourth-order valence-electron chi connectivity index (χ4n) is 4.12. The van der Waals surface area contributed by atoms with Crippen molar-refractivity contribution < 1.29 is 9.72 Å². The van der Waals surface area contributed by atoms with Crippen molar-refractivity contribution in [2.45, 2.75) is 32.9 Å². The predicted octanol–water partition coefficient (Wildman–Crippen LogP) is 4.74. The number of rotatable bonds is 7. The minimum atomic E-state index is -0.392. The van der Waals surface area contributed by atoms with Crippen LogP contribution in [-0.4, -0.2) is 33.8 Å². The summed E-state index contributed by atoms with van der Waals surface area (Å²) in [6.45, 7) is 4.38. The molecular formula is C25H26N4O3. The van der Waals surface area contributed by atoms with Crippen molar-refractivity contribution >= 4 is 17.3 Å². The van der Waals surface area contributed by atoms with Gasteiger partial charge in [-0.3, -0.25) is 19.9 Å². The Labute approximate surface area is 187 Å². The molecule has 4 rings (SSSR count). The van der Waals surface area contributed by atoms with Gasteiger partial charge in [-0.25, -0.2) is 0 Å².